The van der Waals surface area contributed by atoms with Crippen molar-refractivity contribution in [2.75, 3.05) is 6.54 Å². The van der Waals surface area contributed by atoms with Crippen LogP contribution in [0.4, 0.5) is 8.78 Å². The van der Waals surface area contributed by atoms with Gasteiger partial charge in [0.25, 0.3) is 0 Å². The molecule has 4 heteroatoms. The fraction of sp³-hybridized carbons (Fsp3) is 0.200. The Morgan fingerprint density at radius 3 is 2.79 bits per heavy atom. The minimum Gasteiger partial charge on any atom is -0.303 e. The number of hydrogen-bond donors (Lipinski definition) is 1. The second-order valence-electron chi connectivity index (χ2n) is 3.07. The van der Waals surface area contributed by atoms with Gasteiger partial charge in [0, 0.05) is 12.1 Å². The summed E-state index contributed by atoms with van der Waals surface area (Å²) in [5.41, 5.74) is 0.0770. The molecule has 1 heterocycles. The summed E-state index contributed by atoms with van der Waals surface area (Å²) in [6, 6.07) is 2.27. The Bertz CT molecular complexity index is 390. The summed E-state index contributed by atoms with van der Waals surface area (Å²) in [7, 11) is 0. The predicted octanol–water partition coefficient (Wildman–Crippen LogP) is 2.93. The lowest BCUT2D eigenvalue weighted by Crippen LogP contribution is -2.16. The first-order valence-electron chi connectivity index (χ1n) is 4.23. The summed E-state index contributed by atoms with van der Waals surface area (Å²) in [6.07, 6.45) is 3.61. The van der Waals surface area contributed by atoms with Crippen molar-refractivity contribution in [1.82, 2.24) is 5.32 Å². The number of halogens is 3. The molecule has 1 unspecified atom stereocenters. The van der Waals surface area contributed by atoms with Crippen LogP contribution in [0.25, 0.3) is 0 Å². The maximum atomic E-state index is 13.6. The minimum atomic E-state index is -0.533. The van der Waals surface area contributed by atoms with Crippen molar-refractivity contribution in [1.29, 1.82) is 0 Å². The molecule has 1 atom stereocenters. The van der Waals surface area contributed by atoms with Gasteiger partial charge in [0.15, 0.2) is 0 Å². The van der Waals surface area contributed by atoms with Gasteiger partial charge in [0.1, 0.15) is 11.6 Å². The monoisotopic (exact) mass is 259 g/mol. The topological polar surface area (TPSA) is 12.0 Å². The van der Waals surface area contributed by atoms with Crippen molar-refractivity contribution in [3.8, 4) is 0 Å². The van der Waals surface area contributed by atoms with Crippen LogP contribution in [0.5, 0.6) is 0 Å². The molecule has 1 aliphatic heterocycles. The van der Waals surface area contributed by atoms with Crippen molar-refractivity contribution in [2.45, 2.75) is 6.04 Å². The smallest absolute Gasteiger partial charge is 0.145 e. The van der Waals surface area contributed by atoms with E-state index in [0.29, 0.717) is 6.54 Å². The average molecular weight is 260 g/mol. The lowest BCUT2D eigenvalue weighted by Gasteiger charge is -2.12. The van der Waals surface area contributed by atoms with E-state index in [4.69, 9.17) is 0 Å². The second kappa shape index (κ2) is 3.79. The molecule has 0 spiro atoms. The van der Waals surface area contributed by atoms with Gasteiger partial charge in [-0.15, -0.1) is 0 Å². The van der Waals surface area contributed by atoms with Crippen LogP contribution in [0.3, 0.4) is 0 Å². The molecule has 0 amide bonds. The van der Waals surface area contributed by atoms with Crippen molar-refractivity contribution < 1.29 is 8.78 Å². The summed E-state index contributed by atoms with van der Waals surface area (Å²) in [4.78, 5) is 0. The highest BCUT2D eigenvalue weighted by molar-refractivity contribution is 9.10. The number of rotatable bonds is 1. The first kappa shape index (κ1) is 9.80. The Morgan fingerprint density at radius 1 is 1.36 bits per heavy atom. The fourth-order valence-electron chi connectivity index (χ4n) is 1.49. The molecule has 0 aromatic heterocycles. The minimum absolute atomic E-state index is 0.0770. The molecular weight excluding hydrogens is 252 g/mol. The number of nitrogens with one attached hydrogen (secondary N) is 1. The van der Waals surface area contributed by atoms with Gasteiger partial charge in [-0.25, -0.2) is 8.78 Å². The van der Waals surface area contributed by atoms with Gasteiger partial charge in [0.05, 0.1) is 10.5 Å². The van der Waals surface area contributed by atoms with Gasteiger partial charge in [-0.1, -0.05) is 12.2 Å². The summed E-state index contributed by atoms with van der Waals surface area (Å²) >= 11 is 3.03. The van der Waals surface area contributed by atoms with Gasteiger partial charge in [-0.3, -0.25) is 0 Å². The van der Waals surface area contributed by atoms with Crippen molar-refractivity contribution in [2.24, 2.45) is 0 Å². The standard InChI is InChI=1S/C10H8BrF2N/c11-6-3-4-7(12)9(10(6)13)8-2-1-5-14-8/h1-4,8,14H,5H2. The summed E-state index contributed by atoms with van der Waals surface area (Å²) in [5.74, 6) is -1.05. The van der Waals surface area contributed by atoms with Crippen molar-refractivity contribution >= 4 is 15.9 Å². The van der Waals surface area contributed by atoms with E-state index in [9.17, 15) is 8.78 Å². The molecule has 0 radical (unpaired) electrons. The Hall–Kier alpha value is -0.740. The van der Waals surface area contributed by atoms with Gasteiger partial charge in [-0.05, 0) is 28.1 Å². The van der Waals surface area contributed by atoms with Crippen molar-refractivity contribution in [3.63, 3.8) is 0 Å². The molecule has 74 valence electrons. The van der Waals surface area contributed by atoms with Gasteiger partial charge in [-0.2, -0.15) is 0 Å². The van der Waals surface area contributed by atoms with E-state index >= 15 is 0 Å². The molecule has 1 aromatic carbocycles. The van der Waals surface area contributed by atoms with Crippen molar-refractivity contribution in [3.05, 3.63) is 46.0 Å². The van der Waals surface area contributed by atoms with E-state index < -0.39 is 11.6 Å². The van der Waals surface area contributed by atoms with Crippen LogP contribution in [0, 0.1) is 11.6 Å². The molecular formula is C10H8BrF2N. The molecule has 1 aliphatic rings. The summed E-state index contributed by atoms with van der Waals surface area (Å²) in [6.45, 7) is 0.649. The third kappa shape index (κ3) is 1.60. The Labute approximate surface area is 88.9 Å². The SMILES string of the molecule is Fc1ccc(Br)c(F)c1C1C=CCN1. The van der Waals surface area contributed by atoms with E-state index in [2.05, 4.69) is 21.2 Å². The molecule has 2 rings (SSSR count). The third-order valence-corrected chi connectivity index (χ3v) is 2.79. The van der Waals surface area contributed by atoms with E-state index in [1.54, 1.807) is 6.08 Å². The van der Waals surface area contributed by atoms with Crippen LogP contribution in [-0.4, -0.2) is 6.54 Å². The first-order valence-corrected chi connectivity index (χ1v) is 5.03. The Balaban J connectivity index is 2.50. The zero-order chi connectivity index (χ0) is 10.1. The first-order chi connectivity index (χ1) is 6.70. The van der Waals surface area contributed by atoms with Crippen LogP contribution in [0.1, 0.15) is 11.6 Å². The molecule has 0 fully saturated rings. The Morgan fingerprint density at radius 2 is 2.14 bits per heavy atom. The highest BCUT2D eigenvalue weighted by atomic mass is 79.9. The zero-order valence-corrected chi connectivity index (χ0v) is 8.81. The van der Waals surface area contributed by atoms with E-state index in [-0.39, 0.29) is 16.1 Å². The van der Waals surface area contributed by atoms with E-state index in [1.165, 1.54) is 12.1 Å². The van der Waals surface area contributed by atoms with Crippen LogP contribution in [0.2, 0.25) is 0 Å². The summed E-state index contributed by atoms with van der Waals surface area (Å²) in [5, 5.41) is 2.97. The number of benzene rings is 1. The molecule has 0 bridgehead atoms. The molecule has 14 heavy (non-hydrogen) atoms. The Kier molecular flexibility index (Phi) is 2.65. The van der Waals surface area contributed by atoms with Crippen LogP contribution >= 0.6 is 15.9 Å². The zero-order valence-electron chi connectivity index (χ0n) is 7.23. The quantitative estimate of drug-likeness (QED) is 0.604. The molecule has 0 saturated heterocycles. The van der Waals surface area contributed by atoms with Crippen LogP contribution in [-0.2, 0) is 0 Å². The molecule has 0 saturated carbocycles. The average Bonchev–Trinajstić information content (AvgIpc) is 2.65. The van der Waals surface area contributed by atoms with E-state index in [1.807, 2.05) is 6.08 Å². The lowest BCUT2D eigenvalue weighted by atomic mass is 10.1. The largest absolute Gasteiger partial charge is 0.303 e. The highest BCUT2D eigenvalue weighted by Gasteiger charge is 2.21. The maximum absolute atomic E-state index is 13.6. The van der Waals surface area contributed by atoms with Gasteiger partial charge in [0.2, 0.25) is 0 Å². The number of hydrogen-bond acceptors (Lipinski definition) is 1. The summed E-state index contributed by atoms with van der Waals surface area (Å²) < 4.78 is 27.2. The van der Waals surface area contributed by atoms with Gasteiger partial charge >= 0.3 is 0 Å². The molecule has 0 aliphatic carbocycles. The van der Waals surface area contributed by atoms with Crippen LogP contribution < -0.4 is 5.32 Å². The predicted molar refractivity (Wildman–Crippen MR) is 53.9 cm³/mol. The normalized spacial score (nSPS) is 20.4. The molecule has 1 N–H and O–H groups in total. The lowest BCUT2D eigenvalue weighted by molar-refractivity contribution is 0.525. The van der Waals surface area contributed by atoms with E-state index in [0.717, 1.165) is 0 Å². The third-order valence-electron chi connectivity index (χ3n) is 2.17. The molecule has 1 aromatic rings. The maximum Gasteiger partial charge on any atom is 0.145 e. The van der Waals surface area contributed by atoms with Crippen LogP contribution in [0.15, 0.2) is 28.8 Å². The fourth-order valence-corrected chi connectivity index (χ4v) is 1.84. The van der Waals surface area contributed by atoms with Gasteiger partial charge < -0.3 is 5.32 Å². The second-order valence-corrected chi connectivity index (χ2v) is 3.93. The molecule has 1 nitrogen and oxygen atoms in total. The highest BCUT2D eigenvalue weighted by Crippen LogP contribution is 2.28.